The molecule has 1 atom stereocenters. The molecule has 0 N–H and O–H groups in total. The minimum atomic E-state index is -0.780. The molecule has 0 spiro atoms. The Morgan fingerprint density at radius 3 is 0.779 bits per heavy atom. The van der Waals surface area contributed by atoms with Crippen molar-refractivity contribution < 1.29 is 28.6 Å². The highest BCUT2D eigenvalue weighted by molar-refractivity contribution is 5.71. The lowest BCUT2D eigenvalue weighted by atomic mass is 10.0. The lowest BCUT2D eigenvalue weighted by Gasteiger charge is -2.18. The summed E-state index contributed by atoms with van der Waals surface area (Å²) in [6.45, 7) is 6.61. The molecular formula is C71H132O6. The third-order valence-electron chi connectivity index (χ3n) is 15.6. The molecule has 0 rings (SSSR count). The van der Waals surface area contributed by atoms with Gasteiger partial charge in [0.15, 0.2) is 6.10 Å². The summed E-state index contributed by atoms with van der Waals surface area (Å²) in [6, 6.07) is 0. The molecule has 0 saturated carbocycles. The first-order chi connectivity index (χ1) is 38.0. The Morgan fingerprint density at radius 2 is 0.494 bits per heavy atom. The van der Waals surface area contributed by atoms with Crippen LogP contribution >= 0.6 is 0 Å². The average Bonchev–Trinajstić information content (AvgIpc) is 3.43. The van der Waals surface area contributed by atoms with E-state index >= 15 is 0 Å². The summed E-state index contributed by atoms with van der Waals surface area (Å²) in [5.74, 6) is -0.878. The highest BCUT2D eigenvalue weighted by atomic mass is 16.6. The predicted molar refractivity (Wildman–Crippen MR) is 335 cm³/mol. The molecule has 0 aliphatic heterocycles. The van der Waals surface area contributed by atoms with Gasteiger partial charge in [0, 0.05) is 19.3 Å². The molecule has 0 fully saturated rings. The van der Waals surface area contributed by atoms with Gasteiger partial charge in [-0.15, -0.1) is 0 Å². The van der Waals surface area contributed by atoms with Crippen LogP contribution in [0.15, 0.2) is 36.5 Å². The number of rotatable bonds is 64. The molecule has 0 aromatic rings. The Balaban J connectivity index is 4.08. The fourth-order valence-electron chi connectivity index (χ4n) is 10.4. The van der Waals surface area contributed by atoms with Crippen molar-refractivity contribution in [3.05, 3.63) is 36.5 Å². The lowest BCUT2D eigenvalue weighted by Crippen LogP contribution is -2.30. The van der Waals surface area contributed by atoms with Crippen LogP contribution in [-0.4, -0.2) is 37.2 Å². The molecule has 0 aromatic carbocycles. The third kappa shape index (κ3) is 64.3. The van der Waals surface area contributed by atoms with E-state index in [1.54, 1.807) is 0 Å². The molecule has 452 valence electrons. The Morgan fingerprint density at radius 1 is 0.260 bits per heavy atom. The van der Waals surface area contributed by atoms with Gasteiger partial charge in [0.1, 0.15) is 13.2 Å². The topological polar surface area (TPSA) is 78.9 Å². The van der Waals surface area contributed by atoms with Crippen molar-refractivity contribution in [1.82, 2.24) is 0 Å². The summed E-state index contributed by atoms with van der Waals surface area (Å²) in [5.41, 5.74) is 0. The van der Waals surface area contributed by atoms with Gasteiger partial charge in [-0.25, -0.2) is 0 Å². The summed E-state index contributed by atoms with van der Waals surface area (Å²) >= 11 is 0. The van der Waals surface area contributed by atoms with Crippen LogP contribution in [0.1, 0.15) is 380 Å². The smallest absolute Gasteiger partial charge is 0.306 e. The average molecular weight is 1080 g/mol. The molecule has 6 nitrogen and oxygen atoms in total. The maximum absolute atomic E-state index is 12.9. The quantitative estimate of drug-likeness (QED) is 0.0261. The summed E-state index contributed by atoms with van der Waals surface area (Å²) in [6.07, 6.45) is 81.9. The summed E-state index contributed by atoms with van der Waals surface area (Å²) in [7, 11) is 0. The van der Waals surface area contributed by atoms with E-state index in [4.69, 9.17) is 14.2 Å². The fourth-order valence-corrected chi connectivity index (χ4v) is 10.4. The number of carbonyl (C=O) groups excluding carboxylic acids is 3. The number of allylic oxidation sites excluding steroid dienone is 6. The Kier molecular flexibility index (Phi) is 64.1. The first-order valence-electron chi connectivity index (χ1n) is 34.5. The Bertz CT molecular complexity index is 1290. The SMILES string of the molecule is CCC/C=C\C/C=C\CCCCCCCC(=O)OCC(COC(=O)CCCCCCCCCCCCCCCCCCCCCCCCCCCCCCCCCC)OC(=O)CCCCCCC/C=C\CCCCCCC. The molecule has 0 radical (unpaired) electrons. The van der Waals surface area contributed by atoms with Gasteiger partial charge in [0.25, 0.3) is 0 Å². The standard InChI is InChI=1S/C71H132O6/c1-4-7-10-13-16-19-22-25-27-28-29-30-31-32-33-34-35-36-37-38-39-40-41-42-43-44-47-49-52-55-58-61-64-70(73)76-67-68(66-75-69(72)63-60-57-54-51-48-45-24-21-18-15-12-9-6-3)77-71(74)65-62-59-56-53-50-46-26-23-20-17-14-11-8-5-2/h12,15,21,23-24,26,68H,4-11,13-14,16-20,22,25,27-67H2,1-3H3/b15-12-,24-21-,26-23-. The van der Waals surface area contributed by atoms with Crippen molar-refractivity contribution in [1.29, 1.82) is 0 Å². The van der Waals surface area contributed by atoms with Gasteiger partial charge in [-0.2, -0.15) is 0 Å². The molecule has 0 amide bonds. The van der Waals surface area contributed by atoms with Crippen LogP contribution in [0, 0.1) is 0 Å². The van der Waals surface area contributed by atoms with E-state index in [0.717, 1.165) is 89.9 Å². The molecule has 0 aliphatic rings. The summed E-state index contributed by atoms with van der Waals surface area (Å²) in [5, 5.41) is 0. The maximum atomic E-state index is 12.9. The van der Waals surface area contributed by atoms with Crippen molar-refractivity contribution in [2.45, 2.75) is 386 Å². The van der Waals surface area contributed by atoms with E-state index in [1.165, 1.54) is 250 Å². The van der Waals surface area contributed by atoms with Crippen molar-refractivity contribution in [3.63, 3.8) is 0 Å². The van der Waals surface area contributed by atoms with Crippen molar-refractivity contribution in [2.24, 2.45) is 0 Å². The summed E-state index contributed by atoms with van der Waals surface area (Å²) in [4.78, 5) is 38.3. The second-order valence-corrected chi connectivity index (χ2v) is 23.4. The van der Waals surface area contributed by atoms with Crippen LogP contribution in [0.25, 0.3) is 0 Å². The van der Waals surface area contributed by atoms with Crippen LogP contribution in [-0.2, 0) is 28.6 Å². The molecule has 77 heavy (non-hydrogen) atoms. The zero-order valence-corrected chi connectivity index (χ0v) is 52.0. The molecule has 0 bridgehead atoms. The third-order valence-corrected chi connectivity index (χ3v) is 15.6. The second kappa shape index (κ2) is 66.1. The van der Waals surface area contributed by atoms with E-state index < -0.39 is 6.10 Å². The number of hydrogen-bond acceptors (Lipinski definition) is 6. The maximum Gasteiger partial charge on any atom is 0.306 e. The first-order valence-corrected chi connectivity index (χ1v) is 34.5. The van der Waals surface area contributed by atoms with Crippen LogP contribution in [0.5, 0.6) is 0 Å². The van der Waals surface area contributed by atoms with Crippen molar-refractivity contribution in [2.75, 3.05) is 13.2 Å². The zero-order valence-electron chi connectivity index (χ0n) is 52.0. The van der Waals surface area contributed by atoms with Gasteiger partial charge in [-0.05, 0) is 70.6 Å². The number of carbonyl (C=O) groups is 3. The normalized spacial score (nSPS) is 12.2. The van der Waals surface area contributed by atoms with Gasteiger partial charge >= 0.3 is 17.9 Å². The van der Waals surface area contributed by atoms with Gasteiger partial charge in [0.05, 0.1) is 0 Å². The number of unbranched alkanes of at least 4 members (excludes halogenated alkanes) is 47. The van der Waals surface area contributed by atoms with Crippen molar-refractivity contribution >= 4 is 17.9 Å². The fraction of sp³-hybridized carbons (Fsp3) is 0.873. The number of hydrogen-bond donors (Lipinski definition) is 0. The molecule has 0 saturated heterocycles. The highest BCUT2D eigenvalue weighted by Gasteiger charge is 2.19. The van der Waals surface area contributed by atoms with E-state index in [0.29, 0.717) is 19.3 Å². The first kappa shape index (κ1) is 74.6. The van der Waals surface area contributed by atoms with Gasteiger partial charge in [0.2, 0.25) is 0 Å². The van der Waals surface area contributed by atoms with Crippen LogP contribution < -0.4 is 0 Å². The predicted octanol–water partition coefficient (Wildman–Crippen LogP) is 23.6. The van der Waals surface area contributed by atoms with E-state index in [-0.39, 0.29) is 31.1 Å². The van der Waals surface area contributed by atoms with Gasteiger partial charge in [-0.3, -0.25) is 14.4 Å². The second-order valence-electron chi connectivity index (χ2n) is 23.4. The van der Waals surface area contributed by atoms with E-state index in [2.05, 4.69) is 57.2 Å². The number of ether oxygens (including phenoxy) is 3. The molecular weight excluding hydrogens is 949 g/mol. The molecule has 1 unspecified atom stereocenters. The monoisotopic (exact) mass is 1080 g/mol. The minimum absolute atomic E-state index is 0.0762. The lowest BCUT2D eigenvalue weighted by molar-refractivity contribution is -0.167. The molecule has 6 heteroatoms. The van der Waals surface area contributed by atoms with Gasteiger partial charge in [-0.1, -0.05) is 327 Å². The summed E-state index contributed by atoms with van der Waals surface area (Å²) < 4.78 is 16.9. The van der Waals surface area contributed by atoms with Gasteiger partial charge < -0.3 is 14.2 Å². The van der Waals surface area contributed by atoms with Crippen LogP contribution in [0.3, 0.4) is 0 Å². The Hall–Kier alpha value is -2.37. The molecule has 0 aliphatic carbocycles. The van der Waals surface area contributed by atoms with Crippen LogP contribution in [0.4, 0.5) is 0 Å². The highest BCUT2D eigenvalue weighted by Crippen LogP contribution is 2.18. The number of esters is 3. The zero-order chi connectivity index (χ0) is 55.7. The Labute approximate surface area is 480 Å². The van der Waals surface area contributed by atoms with Crippen LogP contribution in [0.2, 0.25) is 0 Å². The molecule has 0 heterocycles. The van der Waals surface area contributed by atoms with Crippen molar-refractivity contribution in [3.8, 4) is 0 Å². The van der Waals surface area contributed by atoms with E-state index in [1.807, 2.05) is 0 Å². The molecule has 0 aromatic heterocycles. The minimum Gasteiger partial charge on any atom is -0.462 e. The van der Waals surface area contributed by atoms with E-state index in [9.17, 15) is 14.4 Å². The largest absolute Gasteiger partial charge is 0.462 e.